The summed E-state index contributed by atoms with van der Waals surface area (Å²) in [6.45, 7) is 8.15. The second kappa shape index (κ2) is 12.1. The molecule has 5 nitrogen and oxygen atoms in total. The van der Waals surface area contributed by atoms with Crippen LogP contribution in [-0.4, -0.2) is 32.8 Å². The Labute approximate surface area is 162 Å². The minimum atomic E-state index is 0.598. The molecule has 0 amide bonds. The zero-order valence-corrected chi connectivity index (χ0v) is 16.6. The molecular weight excluding hydrogens is 338 g/mol. The maximum Gasteiger partial charge on any atom is 0.191 e. The van der Waals surface area contributed by atoms with Gasteiger partial charge in [-0.3, -0.25) is 4.99 Å². The maximum absolute atomic E-state index is 5.64. The van der Waals surface area contributed by atoms with E-state index in [4.69, 9.17) is 9.47 Å². The molecule has 0 aliphatic rings. The summed E-state index contributed by atoms with van der Waals surface area (Å²) in [5, 5.41) is 6.73. The number of benzene rings is 2. The Kier molecular flexibility index (Phi) is 9.38. The van der Waals surface area contributed by atoms with E-state index in [-0.39, 0.29) is 0 Å². The Hall–Kier alpha value is -2.37. The summed E-state index contributed by atoms with van der Waals surface area (Å²) in [6, 6.07) is 16.8. The molecule has 2 rings (SSSR count). The van der Waals surface area contributed by atoms with Crippen LogP contribution in [0.1, 0.15) is 29.2 Å². The number of aryl methyl sites for hydroxylation is 1. The number of hydrogen-bond acceptors (Lipinski definition) is 3. The molecule has 0 radical (unpaired) electrons. The second-order valence-electron chi connectivity index (χ2n) is 6.28. The van der Waals surface area contributed by atoms with Crippen LogP contribution in [-0.2, 0) is 29.2 Å². The first kappa shape index (κ1) is 20.9. The van der Waals surface area contributed by atoms with Crippen LogP contribution in [0.4, 0.5) is 0 Å². The Morgan fingerprint density at radius 2 is 1.67 bits per heavy atom. The van der Waals surface area contributed by atoms with Crippen molar-refractivity contribution in [2.75, 3.05) is 26.9 Å². The summed E-state index contributed by atoms with van der Waals surface area (Å²) in [4.78, 5) is 4.30. The lowest BCUT2D eigenvalue weighted by Crippen LogP contribution is -2.36. The van der Waals surface area contributed by atoms with Crippen LogP contribution in [0.5, 0.6) is 0 Å². The lowest BCUT2D eigenvalue weighted by molar-refractivity contribution is 0.0453. The fourth-order valence-corrected chi connectivity index (χ4v) is 2.68. The van der Waals surface area contributed by atoms with Gasteiger partial charge in [0.25, 0.3) is 0 Å². The molecular formula is C22H31N3O2. The van der Waals surface area contributed by atoms with E-state index in [9.17, 15) is 0 Å². The summed E-state index contributed by atoms with van der Waals surface area (Å²) in [5.41, 5.74) is 4.90. The second-order valence-corrected chi connectivity index (χ2v) is 6.28. The van der Waals surface area contributed by atoms with Crippen molar-refractivity contribution in [3.63, 3.8) is 0 Å². The molecule has 0 atom stereocenters. The first-order valence-electron chi connectivity index (χ1n) is 9.45. The predicted molar refractivity (Wildman–Crippen MR) is 111 cm³/mol. The normalized spacial score (nSPS) is 11.4. The highest BCUT2D eigenvalue weighted by Gasteiger charge is 2.02. The topological polar surface area (TPSA) is 54.9 Å². The van der Waals surface area contributed by atoms with Gasteiger partial charge in [-0.1, -0.05) is 48.5 Å². The average Bonchev–Trinajstić information content (AvgIpc) is 2.69. The van der Waals surface area contributed by atoms with E-state index in [1.54, 1.807) is 7.05 Å². The van der Waals surface area contributed by atoms with Crippen LogP contribution < -0.4 is 10.6 Å². The Balaban J connectivity index is 1.78. The van der Waals surface area contributed by atoms with Crippen molar-refractivity contribution >= 4 is 5.96 Å². The SMILES string of the molecule is CCOCCOCc1cccc(CNC(=NC)NCc2ccccc2C)c1. The van der Waals surface area contributed by atoms with Crippen molar-refractivity contribution in [2.45, 2.75) is 33.5 Å². The molecule has 0 unspecified atom stereocenters. The van der Waals surface area contributed by atoms with E-state index >= 15 is 0 Å². The summed E-state index contributed by atoms with van der Waals surface area (Å²) >= 11 is 0. The van der Waals surface area contributed by atoms with Crippen LogP contribution >= 0.6 is 0 Å². The van der Waals surface area contributed by atoms with Crippen molar-refractivity contribution in [1.82, 2.24) is 10.6 Å². The standard InChI is InChI=1S/C22H31N3O2/c1-4-26-12-13-27-17-20-10-7-9-19(14-20)15-24-22(23-3)25-16-21-11-6-5-8-18(21)2/h5-11,14H,4,12-13,15-17H2,1-3H3,(H2,23,24,25). The number of rotatable bonds is 10. The van der Waals surface area contributed by atoms with E-state index in [0.717, 1.165) is 24.7 Å². The van der Waals surface area contributed by atoms with Crippen LogP contribution in [0, 0.1) is 6.92 Å². The molecule has 0 aliphatic carbocycles. The minimum absolute atomic E-state index is 0.598. The Morgan fingerprint density at radius 1 is 0.926 bits per heavy atom. The number of guanidine groups is 1. The lowest BCUT2D eigenvalue weighted by Gasteiger charge is -2.13. The van der Waals surface area contributed by atoms with Crippen molar-refractivity contribution in [3.8, 4) is 0 Å². The highest BCUT2D eigenvalue weighted by atomic mass is 16.5. The van der Waals surface area contributed by atoms with Gasteiger partial charge in [0.15, 0.2) is 5.96 Å². The van der Waals surface area contributed by atoms with E-state index < -0.39 is 0 Å². The smallest absolute Gasteiger partial charge is 0.191 e. The summed E-state index contributed by atoms with van der Waals surface area (Å²) < 4.78 is 10.9. The van der Waals surface area contributed by atoms with Gasteiger partial charge in [-0.25, -0.2) is 0 Å². The van der Waals surface area contributed by atoms with Gasteiger partial charge in [-0.05, 0) is 36.1 Å². The van der Waals surface area contributed by atoms with E-state index in [1.807, 2.05) is 6.92 Å². The van der Waals surface area contributed by atoms with E-state index in [1.165, 1.54) is 16.7 Å². The average molecular weight is 370 g/mol. The van der Waals surface area contributed by atoms with Gasteiger partial charge in [-0.15, -0.1) is 0 Å². The van der Waals surface area contributed by atoms with Crippen molar-refractivity contribution in [1.29, 1.82) is 0 Å². The third kappa shape index (κ3) is 7.81. The van der Waals surface area contributed by atoms with Crippen LogP contribution in [0.2, 0.25) is 0 Å². The molecule has 0 aromatic heterocycles. The zero-order chi connectivity index (χ0) is 19.3. The molecule has 0 aliphatic heterocycles. The van der Waals surface area contributed by atoms with Crippen molar-refractivity contribution in [3.05, 3.63) is 70.8 Å². The van der Waals surface area contributed by atoms with E-state index in [0.29, 0.717) is 26.4 Å². The Morgan fingerprint density at radius 3 is 2.44 bits per heavy atom. The summed E-state index contributed by atoms with van der Waals surface area (Å²) in [6.07, 6.45) is 0. The first-order chi connectivity index (χ1) is 13.2. The molecule has 0 saturated heterocycles. The molecule has 0 saturated carbocycles. The number of nitrogens with zero attached hydrogens (tertiary/aromatic N) is 1. The lowest BCUT2D eigenvalue weighted by atomic mass is 10.1. The third-order valence-electron chi connectivity index (χ3n) is 4.23. The molecule has 5 heteroatoms. The van der Waals surface area contributed by atoms with Gasteiger partial charge in [-0.2, -0.15) is 0 Å². The Bertz CT molecular complexity index is 716. The van der Waals surface area contributed by atoms with Gasteiger partial charge in [0.05, 0.1) is 19.8 Å². The largest absolute Gasteiger partial charge is 0.379 e. The zero-order valence-electron chi connectivity index (χ0n) is 16.6. The molecule has 27 heavy (non-hydrogen) atoms. The van der Waals surface area contributed by atoms with Crippen LogP contribution in [0.25, 0.3) is 0 Å². The molecule has 2 aromatic rings. The van der Waals surface area contributed by atoms with Crippen LogP contribution in [0.15, 0.2) is 53.5 Å². The quantitative estimate of drug-likeness (QED) is 0.383. The van der Waals surface area contributed by atoms with Gasteiger partial charge < -0.3 is 20.1 Å². The maximum atomic E-state index is 5.64. The van der Waals surface area contributed by atoms with Gasteiger partial charge in [0.1, 0.15) is 0 Å². The monoisotopic (exact) mass is 369 g/mol. The number of aliphatic imine (C=N–C) groups is 1. The van der Waals surface area contributed by atoms with E-state index in [2.05, 4.69) is 71.1 Å². The van der Waals surface area contributed by atoms with Gasteiger partial charge in [0, 0.05) is 26.7 Å². The van der Waals surface area contributed by atoms with Crippen LogP contribution in [0.3, 0.4) is 0 Å². The molecule has 2 N–H and O–H groups in total. The molecule has 0 bridgehead atoms. The highest BCUT2D eigenvalue weighted by molar-refractivity contribution is 5.79. The highest BCUT2D eigenvalue weighted by Crippen LogP contribution is 2.08. The van der Waals surface area contributed by atoms with Crippen molar-refractivity contribution < 1.29 is 9.47 Å². The minimum Gasteiger partial charge on any atom is -0.379 e. The van der Waals surface area contributed by atoms with Gasteiger partial charge in [0.2, 0.25) is 0 Å². The fraction of sp³-hybridized carbons (Fsp3) is 0.409. The fourth-order valence-electron chi connectivity index (χ4n) is 2.68. The summed E-state index contributed by atoms with van der Waals surface area (Å²) in [5.74, 6) is 0.789. The molecule has 2 aromatic carbocycles. The molecule has 0 heterocycles. The number of hydrogen-bond donors (Lipinski definition) is 2. The summed E-state index contributed by atoms with van der Waals surface area (Å²) in [7, 11) is 1.79. The number of ether oxygens (including phenoxy) is 2. The molecule has 0 fully saturated rings. The molecule has 146 valence electrons. The molecule has 0 spiro atoms. The predicted octanol–water partition coefficient (Wildman–Crippen LogP) is 3.41. The number of nitrogens with one attached hydrogen (secondary N) is 2. The van der Waals surface area contributed by atoms with Crippen molar-refractivity contribution in [2.24, 2.45) is 4.99 Å². The third-order valence-corrected chi connectivity index (χ3v) is 4.23. The first-order valence-corrected chi connectivity index (χ1v) is 9.45. The van der Waals surface area contributed by atoms with Gasteiger partial charge >= 0.3 is 0 Å².